The van der Waals surface area contributed by atoms with Crippen molar-refractivity contribution in [3.05, 3.63) is 28.2 Å². The first-order chi connectivity index (χ1) is 9.43. The Morgan fingerprint density at radius 2 is 1.90 bits per heavy atom. The highest BCUT2D eigenvalue weighted by atomic mass is 79.9. The van der Waals surface area contributed by atoms with Crippen molar-refractivity contribution in [2.45, 2.75) is 12.2 Å². The standard InChI is InChI=1S/C13H16BrF3N2O.ClH/c1-20-11-3-2-9(8-10(11)14)12(13(15,16)17)19-6-4-18-5-7-19;/h2-3,8,12,18H,4-7H2,1H3;1H/t12-;/m0./s1. The zero-order valence-electron chi connectivity index (χ0n) is 11.4. The SMILES string of the molecule is COc1ccc([C@H](N2CCNCC2)C(F)(F)F)cc1Br.Cl. The number of nitrogens with one attached hydrogen (secondary N) is 1. The molecule has 1 fully saturated rings. The van der Waals surface area contributed by atoms with Crippen LogP contribution in [-0.2, 0) is 0 Å². The summed E-state index contributed by atoms with van der Waals surface area (Å²) in [5.74, 6) is 0.523. The number of benzene rings is 1. The van der Waals surface area contributed by atoms with Crippen molar-refractivity contribution in [1.82, 2.24) is 10.2 Å². The summed E-state index contributed by atoms with van der Waals surface area (Å²) >= 11 is 3.24. The van der Waals surface area contributed by atoms with Crippen molar-refractivity contribution in [2.24, 2.45) is 0 Å². The van der Waals surface area contributed by atoms with Gasteiger partial charge in [-0.25, -0.2) is 0 Å². The Balaban J connectivity index is 0.00000220. The van der Waals surface area contributed by atoms with Gasteiger partial charge in [-0.3, -0.25) is 4.90 Å². The van der Waals surface area contributed by atoms with E-state index >= 15 is 0 Å². The Kier molecular flexibility index (Phi) is 6.77. The van der Waals surface area contributed by atoms with Gasteiger partial charge in [-0.2, -0.15) is 13.2 Å². The van der Waals surface area contributed by atoms with Crippen molar-refractivity contribution < 1.29 is 17.9 Å². The van der Waals surface area contributed by atoms with Crippen LogP contribution in [0.4, 0.5) is 13.2 Å². The fourth-order valence-corrected chi connectivity index (χ4v) is 2.96. The molecule has 1 heterocycles. The van der Waals surface area contributed by atoms with Gasteiger partial charge in [-0.05, 0) is 33.6 Å². The second-order valence-electron chi connectivity index (χ2n) is 4.62. The first-order valence-corrected chi connectivity index (χ1v) is 7.07. The number of piperazine rings is 1. The van der Waals surface area contributed by atoms with Crippen LogP contribution in [0.2, 0.25) is 0 Å². The van der Waals surface area contributed by atoms with E-state index in [1.54, 1.807) is 6.07 Å². The second-order valence-corrected chi connectivity index (χ2v) is 5.48. The van der Waals surface area contributed by atoms with Crippen LogP contribution in [0.5, 0.6) is 5.75 Å². The van der Waals surface area contributed by atoms with E-state index < -0.39 is 12.2 Å². The number of hydrogen-bond acceptors (Lipinski definition) is 3. The largest absolute Gasteiger partial charge is 0.496 e. The maximum atomic E-state index is 13.4. The molecule has 21 heavy (non-hydrogen) atoms. The predicted octanol–water partition coefficient (Wildman–Crippen LogP) is 3.39. The van der Waals surface area contributed by atoms with Gasteiger partial charge < -0.3 is 10.1 Å². The minimum absolute atomic E-state index is 0. The third kappa shape index (κ3) is 4.48. The average Bonchev–Trinajstić information content (AvgIpc) is 2.39. The lowest BCUT2D eigenvalue weighted by Crippen LogP contribution is -2.49. The van der Waals surface area contributed by atoms with E-state index in [-0.39, 0.29) is 18.0 Å². The lowest BCUT2D eigenvalue weighted by atomic mass is 10.0. The molecular weight excluding hydrogens is 373 g/mol. The van der Waals surface area contributed by atoms with E-state index in [2.05, 4.69) is 21.2 Å². The minimum atomic E-state index is -4.30. The van der Waals surface area contributed by atoms with Crippen LogP contribution in [-0.4, -0.2) is 44.4 Å². The predicted molar refractivity (Wildman–Crippen MR) is 81.2 cm³/mol. The first-order valence-electron chi connectivity index (χ1n) is 6.28. The number of ether oxygens (including phenoxy) is 1. The summed E-state index contributed by atoms with van der Waals surface area (Å²) in [6.45, 7) is 1.91. The Morgan fingerprint density at radius 1 is 1.29 bits per heavy atom. The second kappa shape index (κ2) is 7.67. The molecular formula is C13H17BrClF3N2O. The Bertz CT molecular complexity index is 467. The van der Waals surface area contributed by atoms with Gasteiger partial charge >= 0.3 is 6.18 Å². The molecule has 1 saturated heterocycles. The maximum absolute atomic E-state index is 13.4. The topological polar surface area (TPSA) is 24.5 Å². The Morgan fingerprint density at radius 3 is 2.38 bits per heavy atom. The van der Waals surface area contributed by atoms with Gasteiger partial charge in [0.2, 0.25) is 0 Å². The van der Waals surface area contributed by atoms with E-state index in [9.17, 15) is 13.2 Å². The van der Waals surface area contributed by atoms with Gasteiger partial charge in [0.15, 0.2) is 0 Å². The fourth-order valence-electron chi connectivity index (χ4n) is 2.40. The monoisotopic (exact) mass is 388 g/mol. The van der Waals surface area contributed by atoms with Crippen LogP contribution in [0, 0.1) is 0 Å². The third-order valence-corrected chi connectivity index (χ3v) is 3.94. The molecule has 1 atom stereocenters. The van der Waals surface area contributed by atoms with Crippen LogP contribution in [0.3, 0.4) is 0 Å². The van der Waals surface area contributed by atoms with E-state index in [4.69, 9.17) is 4.74 Å². The number of methoxy groups -OCH3 is 1. The summed E-state index contributed by atoms with van der Waals surface area (Å²) < 4.78 is 45.8. The molecule has 8 heteroatoms. The number of halogens is 5. The summed E-state index contributed by atoms with van der Waals surface area (Å²) in [7, 11) is 1.48. The molecule has 120 valence electrons. The van der Waals surface area contributed by atoms with E-state index in [1.807, 2.05) is 0 Å². The molecule has 3 nitrogen and oxygen atoms in total. The van der Waals surface area contributed by atoms with Crippen molar-refractivity contribution >= 4 is 28.3 Å². The van der Waals surface area contributed by atoms with E-state index in [0.717, 1.165) is 0 Å². The molecule has 0 spiro atoms. The minimum Gasteiger partial charge on any atom is -0.496 e. The summed E-state index contributed by atoms with van der Waals surface area (Å²) in [4.78, 5) is 1.46. The highest BCUT2D eigenvalue weighted by molar-refractivity contribution is 9.10. The van der Waals surface area contributed by atoms with Gasteiger partial charge in [0.25, 0.3) is 0 Å². The molecule has 0 radical (unpaired) electrons. The maximum Gasteiger partial charge on any atom is 0.408 e. The van der Waals surface area contributed by atoms with Gasteiger partial charge in [0.1, 0.15) is 11.8 Å². The van der Waals surface area contributed by atoms with Gasteiger partial charge in [-0.15, -0.1) is 12.4 Å². The van der Waals surface area contributed by atoms with E-state index in [1.165, 1.54) is 24.1 Å². The summed E-state index contributed by atoms with van der Waals surface area (Å²) in [6, 6.07) is 2.94. The van der Waals surface area contributed by atoms with Crippen LogP contribution < -0.4 is 10.1 Å². The molecule has 1 aliphatic heterocycles. The molecule has 1 N–H and O–H groups in total. The van der Waals surface area contributed by atoms with E-state index in [0.29, 0.717) is 36.4 Å². The summed E-state index contributed by atoms with van der Waals surface area (Å²) in [5, 5.41) is 3.06. The average molecular weight is 390 g/mol. The van der Waals surface area contributed by atoms with Gasteiger partial charge in [0.05, 0.1) is 11.6 Å². The lowest BCUT2D eigenvalue weighted by molar-refractivity contribution is -0.187. The molecule has 1 aliphatic rings. The normalized spacial score (nSPS) is 18.0. The molecule has 0 amide bonds. The molecule has 2 rings (SSSR count). The van der Waals surface area contributed by atoms with Gasteiger partial charge in [-0.1, -0.05) is 6.07 Å². The highest BCUT2D eigenvalue weighted by Gasteiger charge is 2.45. The van der Waals surface area contributed by atoms with Crippen molar-refractivity contribution in [3.8, 4) is 5.75 Å². The number of hydrogen-bond donors (Lipinski definition) is 1. The number of rotatable bonds is 3. The molecule has 0 saturated carbocycles. The number of alkyl halides is 3. The fraction of sp³-hybridized carbons (Fsp3) is 0.538. The van der Waals surface area contributed by atoms with Crippen molar-refractivity contribution in [3.63, 3.8) is 0 Å². The molecule has 1 aromatic rings. The Labute approximate surface area is 136 Å². The Hall–Kier alpha value is -0.500. The zero-order valence-corrected chi connectivity index (χ0v) is 13.8. The van der Waals surface area contributed by atoms with Gasteiger partial charge in [0, 0.05) is 26.2 Å². The smallest absolute Gasteiger partial charge is 0.408 e. The lowest BCUT2D eigenvalue weighted by Gasteiger charge is -2.36. The van der Waals surface area contributed by atoms with Crippen LogP contribution in [0.25, 0.3) is 0 Å². The molecule has 0 bridgehead atoms. The highest BCUT2D eigenvalue weighted by Crippen LogP contribution is 2.40. The first kappa shape index (κ1) is 18.5. The molecule has 0 aliphatic carbocycles. The molecule has 0 unspecified atom stereocenters. The number of nitrogens with zero attached hydrogens (tertiary/aromatic N) is 1. The van der Waals surface area contributed by atoms with Crippen molar-refractivity contribution in [1.29, 1.82) is 0 Å². The van der Waals surface area contributed by atoms with Crippen LogP contribution >= 0.6 is 28.3 Å². The molecule has 1 aromatic carbocycles. The van der Waals surface area contributed by atoms with Crippen LogP contribution in [0.15, 0.2) is 22.7 Å². The third-order valence-electron chi connectivity index (χ3n) is 3.32. The summed E-state index contributed by atoms with van der Waals surface area (Å²) in [5.41, 5.74) is 0.229. The van der Waals surface area contributed by atoms with Crippen LogP contribution in [0.1, 0.15) is 11.6 Å². The quantitative estimate of drug-likeness (QED) is 0.858. The summed E-state index contributed by atoms with van der Waals surface area (Å²) in [6.07, 6.45) is -4.30. The zero-order chi connectivity index (χ0) is 14.8. The van der Waals surface area contributed by atoms with Crippen molar-refractivity contribution in [2.75, 3.05) is 33.3 Å². The molecule has 0 aromatic heterocycles.